The first-order valence-corrected chi connectivity index (χ1v) is 10.1. The minimum absolute atomic E-state index is 0.00612. The minimum Gasteiger partial charge on any atom is -0.466 e. The fourth-order valence-electron chi connectivity index (χ4n) is 6.55. The second-order valence-corrected chi connectivity index (χ2v) is 8.86. The lowest BCUT2D eigenvalue weighted by atomic mass is 9.51. The molecule has 0 N–H and O–H groups in total. The van der Waals surface area contributed by atoms with Crippen LogP contribution in [0.5, 0.6) is 0 Å². The van der Waals surface area contributed by atoms with Gasteiger partial charge in [-0.1, -0.05) is 43.1 Å². The van der Waals surface area contributed by atoms with E-state index in [-0.39, 0.29) is 11.4 Å². The van der Waals surface area contributed by atoms with Crippen molar-refractivity contribution >= 4 is 5.97 Å². The third-order valence-corrected chi connectivity index (χ3v) is 7.67. The van der Waals surface area contributed by atoms with Gasteiger partial charge in [-0.3, -0.25) is 4.79 Å². The van der Waals surface area contributed by atoms with Crippen molar-refractivity contribution < 1.29 is 9.53 Å². The van der Waals surface area contributed by atoms with Gasteiger partial charge >= 0.3 is 5.97 Å². The van der Waals surface area contributed by atoms with Gasteiger partial charge in [0.05, 0.1) is 13.0 Å². The maximum atomic E-state index is 12.4. The molecular weight excluding hydrogens is 296 g/mol. The highest BCUT2D eigenvalue weighted by Gasteiger charge is 2.53. The van der Waals surface area contributed by atoms with E-state index in [0.29, 0.717) is 24.4 Å². The van der Waals surface area contributed by atoms with E-state index < -0.39 is 0 Å². The smallest absolute Gasteiger partial charge is 0.306 e. The van der Waals surface area contributed by atoms with Gasteiger partial charge in [-0.15, -0.1) is 0 Å². The Kier molecular flexibility index (Phi) is 4.13. The summed E-state index contributed by atoms with van der Waals surface area (Å²) in [6, 6.07) is 0. The van der Waals surface area contributed by atoms with Crippen LogP contribution in [-0.4, -0.2) is 12.6 Å². The topological polar surface area (TPSA) is 26.3 Å². The Bertz CT molecular complexity index is 587. The highest BCUT2D eigenvalue weighted by molar-refractivity contribution is 5.72. The summed E-state index contributed by atoms with van der Waals surface area (Å²) in [6.45, 7) is 4.92. The molecule has 0 aliphatic heterocycles. The second-order valence-electron chi connectivity index (χ2n) is 8.86. The van der Waals surface area contributed by atoms with E-state index in [9.17, 15) is 4.79 Å². The van der Waals surface area contributed by atoms with Crippen LogP contribution in [0.1, 0.15) is 78.1 Å². The Morgan fingerprint density at radius 1 is 1.25 bits per heavy atom. The van der Waals surface area contributed by atoms with Crippen molar-refractivity contribution in [3.8, 4) is 0 Å². The Labute approximate surface area is 146 Å². The van der Waals surface area contributed by atoms with E-state index in [1.807, 2.05) is 6.92 Å². The van der Waals surface area contributed by atoms with Crippen LogP contribution < -0.4 is 0 Å². The van der Waals surface area contributed by atoms with Gasteiger partial charge in [-0.2, -0.15) is 0 Å². The first-order chi connectivity index (χ1) is 11.6. The Morgan fingerprint density at radius 3 is 2.96 bits per heavy atom. The normalized spacial score (nSPS) is 40.8. The maximum absolute atomic E-state index is 12.4. The fraction of sp³-hybridized carbons (Fsp3) is 0.773. The fourth-order valence-corrected chi connectivity index (χ4v) is 6.55. The van der Waals surface area contributed by atoms with Gasteiger partial charge in [-0.25, -0.2) is 0 Å². The number of ether oxygens (including phenoxy) is 1. The maximum Gasteiger partial charge on any atom is 0.306 e. The monoisotopic (exact) mass is 328 g/mol. The van der Waals surface area contributed by atoms with Crippen molar-refractivity contribution in [2.45, 2.75) is 78.1 Å². The molecule has 2 heteroatoms. The van der Waals surface area contributed by atoms with Gasteiger partial charge in [0.2, 0.25) is 0 Å². The standard InChI is InChI=1S/C22H32O2/c1-3-24-20(23)15-22-13-5-4-7-16(22)9-10-17-18-8-6-12-21(18,2)14-11-19(17)22/h9,11,17-18H,3-8,10,12-15H2,1-2H3/t17-,18-,21-,22+/m0/s1. The van der Waals surface area contributed by atoms with Crippen LogP contribution in [0, 0.1) is 22.7 Å². The first kappa shape index (κ1) is 16.4. The molecule has 0 radical (unpaired) electrons. The summed E-state index contributed by atoms with van der Waals surface area (Å²) >= 11 is 0. The van der Waals surface area contributed by atoms with Gasteiger partial charge in [0.1, 0.15) is 0 Å². The number of carbonyl (C=O) groups is 1. The molecule has 132 valence electrons. The zero-order chi connectivity index (χ0) is 16.8. The molecule has 4 atom stereocenters. The molecule has 0 spiro atoms. The number of carbonyl (C=O) groups excluding carboxylic acids is 1. The molecule has 4 rings (SSSR count). The molecule has 2 fully saturated rings. The highest BCUT2D eigenvalue weighted by atomic mass is 16.5. The van der Waals surface area contributed by atoms with Gasteiger partial charge in [0.15, 0.2) is 0 Å². The first-order valence-electron chi connectivity index (χ1n) is 10.1. The quantitative estimate of drug-likeness (QED) is 0.499. The van der Waals surface area contributed by atoms with Crippen molar-refractivity contribution in [3.63, 3.8) is 0 Å². The molecule has 2 saturated carbocycles. The molecule has 0 unspecified atom stereocenters. The van der Waals surface area contributed by atoms with Gasteiger partial charge < -0.3 is 4.74 Å². The number of allylic oxidation sites excluding steroid dienone is 4. The van der Waals surface area contributed by atoms with E-state index in [0.717, 1.165) is 12.3 Å². The van der Waals surface area contributed by atoms with Crippen LogP contribution in [0.25, 0.3) is 0 Å². The predicted octanol–water partition coefficient (Wildman–Crippen LogP) is 5.58. The largest absolute Gasteiger partial charge is 0.466 e. The SMILES string of the molecule is CCOC(=O)C[C@]12CCCCC1=CC[C@@H]1C2=CC[C@]2(C)CCC[C@@H]12. The van der Waals surface area contributed by atoms with Crippen molar-refractivity contribution in [1.29, 1.82) is 0 Å². The van der Waals surface area contributed by atoms with Crippen molar-refractivity contribution in [2.24, 2.45) is 22.7 Å². The number of fused-ring (bicyclic) bond motifs is 5. The zero-order valence-corrected chi connectivity index (χ0v) is 15.4. The molecule has 0 amide bonds. The molecular formula is C22H32O2. The van der Waals surface area contributed by atoms with E-state index in [1.165, 1.54) is 51.4 Å². The Balaban J connectivity index is 1.72. The molecule has 4 aliphatic rings. The molecule has 0 aromatic carbocycles. The van der Waals surface area contributed by atoms with Gasteiger partial charge in [0.25, 0.3) is 0 Å². The van der Waals surface area contributed by atoms with Crippen molar-refractivity contribution in [3.05, 3.63) is 23.3 Å². The number of rotatable bonds is 3. The van der Waals surface area contributed by atoms with Crippen molar-refractivity contribution in [2.75, 3.05) is 6.61 Å². The zero-order valence-electron chi connectivity index (χ0n) is 15.4. The Morgan fingerprint density at radius 2 is 2.12 bits per heavy atom. The lowest BCUT2D eigenvalue weighted by molar-refractivity contribution is -0.145. The summed E-state index contributed by atoms with van der Waals surface area (Å²) < 4.78 is 5.38. The minimum atomic E-state index is 0.00612. The highest BCUT2D eigenvalue weighted by Crippen LogP contribution is 2.63. The second kappa shape index (κ2) is 6.04. The summed E-state index contributed by atoms with van der Waals surface area (Å²) in [4.78, 5) is 12.4. The summed E-state index contributed by atoms with van der Waals surface area (Å²) in [6.07, 6.45) is 17.2. The lowest BCUT2D eigenvalue weighted by Crippen LogP contribution is -2.44. The van der Waals surface area contributed by atoms with E-state index in [1.54, 1.807) is 11.1 Å². The average molecular weight is 328 g/mol. The number of hydrogen-bond acceptors (Lipinski definition) is 2. The summed E-state index contributed by atoms with van der Waals surface area (Å²) in [5.41, 5.74) is 3.72. The number of esters is 1. The van der Waals surface area contributed by atoms with Crippen molar-refractivity contribution in [1.82, 2.24) is 0 Å². The van der Waals surface area contributed by atoms with Crippen LogP contribution >= 0.6 is 0 Å². The van der Waals surface area contributed by atoms with Crippen LogP contribution in [0.15, 0.2) is 23.3 Å². The molecule has 0 bridgehead atoms. The third kappa shape index (κ3) is 2.40. The molecule has 4 aliphatic carbocycles. The summed E-state index contributed by atoms with van der Waals surface area (Å²) in [5.74, 6) is 1.52. The van der Waals surface area contributed by atoms with Gasteiger partial charge in [-0.05, 0) is 69.1 Å². The van der Waals surface area contributed by atoms with E-state index >= 15 is 0 Å². The molecule has 0 saturated heterocycles. The summed E-state index contributed by atoms with van der Waals surface area (Å²) in [5, 5.41) is 0. The van der Waals surface area contributed by atoms with Crippen LogP contribution in [-0.2, 0) is 9.53 Å². The number of hydrogen-bond donors (Lipinski definition) is 0. The Hall–Kier alpha value is -1.05. The van der Waals surface area contributed by atoms with Crippen LogP contribution in [0.3, 0.4) is 0 Å². The molecule has 0 heterocycles. The van der Waals surface area contributed by atoms with E-state index in [4.69, 9.17) is 4.74 Å². The summed E-state index contributed by atoms with van der Waals surface area (Å²) in [7, 11) is 0. The molecule has 2 nitrogen and oxygen atoms in total. The average Bonchev–Trinajstić information content (AvgIpc) is 2.96. The van der Waals surface area contributed by atoms with E-state index in [2.05, 4.69) is 19.1 Å². The molecule has 0 aromatic heterocycles. The van der Waals surface area contributed by atoms with Crippen LogP contribution in [0.2, 0.25) is 0 Å². The predicted molar refractivity (Wildman–Crippen MR) is 96.5 cm³/mol. The van der Waals surface area contributed by atoms with Gasteiger partial charge in [0, 0.05) is 5.41 Å². The van der Waals surface area contributed by atoms with Crippen LogP contribution in [0.4, 0.5) is 0 Å². The molecule has 0 aromatic rings. The lowest BCUT2D eigenvalue weighted by Gasteiger charge is -2.53. The third-order valence-electron chi connectivity index (χ3n) is 7.67. The molecule has 24 heavy (non-hydrogen) atoms.